The zero-order chi connectivity index (χ0) is 18.4. The molecule has 0 saturated carbocycles. The van der Waals surface area contributed by atoms with E-state index in [4.69, 9.17) is 11.6 Å². The van der Waals surface area contributed by atoms with Gasteiger partial charge in [0.2, 0.25) is 0 Å². The first kappa shape index (κ1) is 17.8. The van der Waals surface area contributed by atoms with Gasteiger partial charge in [-0.25, -0.2) is 14.4 Å². The minimum Gasteiger partial charge on any atom is -0.370 e. The molecule has 3 aromatic rings. The maximum atomic E-state index is 12.9. The van der Waals surface area contributed by atoms with E-state index >= 15 is 0 Å². The van der Waals surface area contributed by atoms with Crippen LogP contribution in [0.3, 0.4) is 0 Å². The van der Waals surface area contributed by atoms with Gasteiger partial charge in [0.05, 0.1) is 0 Å². The summed E-state index contributed by atoms with van der Waals surface area (Å²) >= 11 is 5.97. The third kappa shape index (κ3) is 5.00. The lowest BCUT2D eigenvalue weighted by molar-refractivity contribution is 0.102. The highest BCUT2D eigenvalue weighted by Crippen LogP contribution is 2.13. The molecule has 0 aliphatic heterocycles. The Labute approximate surface area is 155 Å². The lowest BCUT2D eigenvalue weighted by Crippen LogP contribution is -2.15. The largest absolute Gasteiger partial charge is 0.370 e. The molecular weight excluding hydrogens is 355 g/mol. The van der Waals surface area contributed by atoms with Crippen molar-refractivity contribution < 1.29 is 9.18 Å². The van der Waals surface area contributed by atoms with Crippen molar-refractivity contribution in [3.8, 4) is 0 Å². The highest BCUT2D eigenvalue weighted by Gasteiger charge is 2.09. The minimum absolute atomic E-state index is 0.217. The Bertz CT molecular complexity index is 902. The third-order valence-electron chi connectivity index (χ3n) is 3.61. The Hall–Kier alpha value is -2.99. The van der Waals surface area contributed by atoms with Gasteiger partial charge in [-0.15, -0.1) is 0 Å². The van der Waals surface area contributed by atoms with E-state index in [0.717, 1.165) is 12.0 Å². The van der Waals surface area contributed by atoms with Gasteiger partial charge in [0, 0.05) is 23.3 Å². The standard InChI is InChI=1S/C19H16ClFN4O/c20-14-3-1-2-13(10-14)8-9-22-18-11-17(23-12-24-18)19(26)25-16-6-4-15(21)5-7-16/h1-7,10-12H,8-9H2,(H,25,26)(H,22,23,24). The predicted octanol–water partition coefficient (Wildman–Crippen LogP) is 4.18. The predicted molar refractivity (Wildman–Crippen MR) is 100 cm³/mol. The number of carbonyl (C=O) groups excluding carboxylic acids is 1. The van der Waals surface area contributed by atoms with Crippen LogP contribution in [0.2, 0.25) is 5.02 Å². The summed E-state index contributed by atoms with van der Waals surface area (Å²) in [7, 11) is 0. The number of halogens is 2. The van der Waals surface area contributed by atoms with Gasteiger partial charge >= 0.3 is 0 Å². The van der Waals surface area contributed by atoms with Crippen LogP contribution in [0.1, 0.15) is 16.1 Å². The highest BCUT2D eigenvalue weighted by atomic mass is 35.5. The molecule has 2 N–H and O–H groups in total. The van der Waals surface area contributed by atoms with Crippen molar-refractivity contribution in [1.29, 1.82) is 0 Å². The average molecular weight is 371 g/mol. The normalized spacial score (nSPS) is 10.4. The summed E-state index contributed by atoms with van der Waals surface area (Å²) < 4.78 is 12.9. The summed E-state index contributed by atoms with van der Waals surface area (Å²) in [4.78, 5) is 20.3. The van der Waals surface area contributed by atoms with Gasteiger partial charge in [-0.3, -0.25) is 4.79 Å². The molecule has 0 bridgehead atoms. The number of aromatic nitrogens is 2. The van der Waals surface area contributed by atoms with Gasteiger partial charge in [0.15, 0.2) is 0 Å². The Morgan fingerprint density at radius 2 is 1.88 bits per heavy atom. The molecule has 3 rings (SSSR count). The number of nitrogens with one attached hydrogen (secondary N) is 2. The topological polar surface area (TPSA) is 66.9 Å². The van der Waals surface area contributed by atoms with Gasteiger partial charge < -0.3 is 10.6 Å². The maximum absolute atomic E-state index is 12.9. The Morgan fingerprint density at radius 3 is 2.65 bits per heavy atom. The average Bonchev–Trinajstić information content (AvgIpc) is 2.64. The summed E-state index contributed by atoms with van der Waals surface area (Å²) in [6.45, 7) is 0.635. The van der Waals surface area contributed by atoms with Crippen molar-refractivity contribution in [2.45, 2.75) is 6.42 Å². The molecule has 1 heterocycles. The van der Waals surface area contributed by atoms with Crippen LogP contribution in [0.25, 0.3) is 0 Å². The summed E-state index contributed by atoms with van der Waals surface area (Å²) in [5, 5.41) is 6.52. The van der Waals surface area contributed by atoms with Gasteiger partial charge in [-0.2, -0.15) is 0 Å². The molecule has 5 nitrogen and oxygen atoms in total. The number of anilines is 2. The van der Waals surface area contributed by atoms with Gasteiger partial charge in [0.25, 0.3) is 5.91 Å². The second-order valence-corrected chi connectivity index (χ2v) is 5.99. The van der Waals surface area contributed by atoms with E-state index in [-0.39, 0.29) is 11.5 Å². The second kappa shape index (κ2) is 8.40. The van der Waals surface area contributed by atoms with Crippen LogP contribution in [0.5, 0.6) is 0 Å². The molecule has 0 aliphatic rings. The molecule has 0 fully saturated rings. The number of hydrogen-bond acceptors (Lipinski definition) is 4. The smallest absolute Gasteiger partial charge is 0.274 e. The first-order chi connectivity index (χ1) is 12.6. The van der Waals surface area contributed by atoms with Crippen LogP contribution >= 0.6 is 11.6 Å². The van der Waals surface area contributed by atoms with Crippen LogP contribution in [0.15, 0.2) is 60.9 Å². The van der Waals surface area contributed by atoms with Gasteiger partial charge in [0.1, 0.15) is 23.7 Å². The molecule has 0 radical (unpaired) electrons. The molecule has 7 heteroatoms. The fourth-order valence-corrected chi connectivity index (χ4v) is 2.55. The zero-order valence-corrected chi connectivity index (χ0v) is 14.5. The first-order valence-corrected chi connectivity index (χ1v) is 8.35. The van der Waals surface area contributed by atoms with E-state index in [0.29, 0.717) is 23.1 Å². The van der Waals surface area contributed by atoms with Crippen molar-refractivity contribution in [3.63, 3.8) is 0 Å². The number of carbonyl (C=O) groups is 1. The van der Waals surface area contributed by atoms with Crippen molar-refractivity contribution >= 4 is 29.0 Å². The number of hydrogen-bond donors (Lipinski definition) is 2. The second-order valence-electron chi connectivity index (χ2n) is 5.56. The van der Waals surface area contributed by atoms with Crippen molar-refractivity contribution in [2.24, 2.45) is 0 Å². The third-order valence-corrected chi connectivity index (χ3v) is 3.85. The highest BCUT2D eigenvalue weighted by molar-refractivity contribution is 6.30. The molecule has 0 aliphatic carbocycles. The van der Waals surface area contributed by atoms with Crippen LogP contribution in [-0.4, -0.2) is 22.4 Å². The van der Waals surface area contributed by atoms with E-state index in [2.05, 4.69) is 20.6 Å². The number of amides is 1. The fourth-order valence-electron chi connectivity index (χ4n) is 2.33. The van der Waals surface area contributed by atoms with Crippen LogP contribution in [0, 0.1) is 5.82 Å². The summed E-state index contributed by atoms with van der Waals surface area (Å²) in [5.74, 6) is -0.209. The number of nitrogens with zero attached hydrogens (tertiary/aromatic N) is 2. The Balaban J connectivity index is 1.58. The molecule has 132 valence electrons. The quantitative estimate of drug-likeness (QED) is 0.683. The molecule has 0 saturated heterocycles. The molecule has 0 atom stereocenters. The summed E-state index contributed by atoms with van der Waals surface area (Å²) in [5.41, 5.74) is 1.81. The zero-order valence-electron chi connectivity index (χ0n) is 13.7. The van der Waals surface area contributed by atoms with E-state index in [9.17, 15) is 9.18 Å². The van der Waals surface area contributed by atoms with Crippen LogP contribution in [-0.2, 0) is 6.42 Å². The van der Waals surface area contributed by atoms with Crippen LogP contribution < -0.4 is 10.6 Å². The minimum atomic E-state index is -0.392. The molecule has 0 unspecified atom stereocenters. The van der Waals surface area contributed by atoms with E-state index < -0.39 is 5.91 Å². The van der Waals surface area contributed by atoms with Crippen LogP contribution in [0.4, 0.5) is 15.9 Å². The lowest BCUT2D eigenvalue weighted by atomic mass is 10.1. The molecule has 0 spiro atoms. The molecule has 2 aromatic carbocycles. The number of benzene rings is 2. The van der Waals surface area contributed by atoms with E-state index in [1.54, 1.807) is 6.07 Å². The Morgan fingerprint density at radius 1 is 1.08 bits per heavy atom. The lowest BCUT2D eigenvalue weighted by Gasteiger charge is -2.08. The van der Waals surface area contributed by atoms with E-state index in [1.807, 2.05) is 24.3 Å². The maximum Gasteiger partial charge on any atom is 0.274 e. The summed E-state index contributed by atoms with van der Waals surface area (Å²) in [6, 6.07) is 14.7. The summed E-state index contributed by atoms with van der Waals surface area (Å²) in [6.07, 6.45) is 2.09. The fraction of sp³-hybridized carbons (Fsp3) is 0.105. The molecular formula is C19H16ClFN4O. The van der Waals surface area contributed by atoms with Gasteiger partial charge in [-0.05, 0) is 48.4 Å². The van der Waals surface area contributed by atoms with E-state index in [1.165, 1.54) is 30.6 Å². The first-order valence-electron chi connectivity index (χ1n) is 7.97. The van der Waals surface area contributed by atoms with Gasteiger partial charge in [-0.1, -0.05) is 23.7 Å². The number of rotatable bonds is 6. The molecule has 1 amide bonds. The molecule has 1 aromatic heterocycles. The van der Waals surface area contributed by atoms with Crippen molar-refractivity contribution in [3.05, 3.63) is 83.0 Å². The Kier molecular flexibility index (Phi) is 5.76. The van der Waals surface area contributed by atoms with Crippen molar-refractivity contribution in [1.82, 2.24) is 9.97 Å². The van der Waals surface area contributed by atoms with Crippen molar-refractivity contribution in [2.75, 3.05) is 17.2 Å². The molecule has 26 heavy (non-hydrogen) atoms. The SMILES string of the molecule is O=C(Nc1ccc(F)cc1)c1cc(NCCc2cccc(Cl)c2)ncn1. The monoisotopic (exact) mass is 370 g/mol.